The smallest absolute Gasteiger partial charge is 0.237 e. The van der Waals surface area contributed by atoms with Gasteiger partial charge in [-0.2, -0.15) is 0 Å². The van der Waals surface area contributed by atoms with Gasteiger partial charge in [-0.1, -0.05) is 20.3 Å². The van der Waals surface area contributed by atoms with E-state index in [1.807, 2.05) is 0 Å². The molecule has 0 aromatic carbocycles. The molecular weight excluding hydrogens is 200 g/mol. The summed E-state index contributed by atoms with van der Waals surface area (Å²) in [6, 6.07) is 0.475. The Balaban J connectivity index is 1.82. The third-order valence-corrected chi connectivity index (χ3v) is 4.17. The monoisotopic (exact) mass is 224 g/mol. The predicted molar refractivity (Wildman–Crippen MR) is 65.1 cm³/mol. The maximum absolute atomic E-state index is 12.1. The van der Waals surface area contributed by atoms with Crippen LogP contribution in [-0.4, -0.2) is 24.5 Å². The van der Waals surface area contributed by atoms with Crippen LogP contribution >= 0.6 is 0 Å². The van der Waals surface area contributed by atoms with Gasteiger partial charge in [0.2, 0.25) is 5.91 Å². The number of amides is 1. The molecule has 16 heavy (non-hydrogen) atoms. The lowest BCUT2D eigenvalue weighted by Crippen LogP contribution is -2.51. The van der Waals surface area contributed by atoms with Crippen LogP contribution < -0.4 is 10.6 Å². The molecule has 2 fully saturated rings. The van der Waals surface area contributed by atoms with Gasteiger partial charge < -0.3 is 10.6 Å². The summed E-state index contributed by atoms with van der Waals surface area (Å²) in [4.78, 5) is 12.1. The number of rotatable bonds is 2. The third-order valence-electron chi connectivity index (χ3n) is 4.17. The van der Waals surface area contributed by atoms with Gasteiger partial charge in [-0.3, -0.25) is 4.79 Å². The Morgan fingerprint density at radius 3 is 2.69 bits per heavy atom. The molecule has 0 bridgehead atoms. The van der Waals surface area contributed by atoms with Crippen molar-refractivity contribution in [1.82, 2.24) is 10.6 Å². The lowest BCUT2D eigenvalue weighted by atomic mass is 9.93. The molecule has 4 atom stereocenters. The van der Waals surface area contributed by atoms with Gasteiger partial charge in [-0.15, -0.1) is 0 Å². The first kappa shape index (κ1) is 11.9. The van der Waals surface area contributed by atoms with Crippen molar-refractivity contribution in [3.63, 3.8) is 0 Å². The van der Waals surface area contributed by atoms with Crippen LogP contribution in [0.3, 0.4) is 0 Å². The summed E-state index contributed by atoms with van der Waals surface area (Å²) in [5, 5.41) is 6.54. The van der Waals surface area contributed by atoms with E-state index in [0.29, 0.717) is 17.9 Å². The van der Waals surface area contributed by atoms with Crippen molar-refractivity contribution in [1.29, 1.82) is 0 Å². The molecular formula is C13H24N2O. The first-order valence-electron chi connectivity index (χ1n) is 6.70. The van der Waals surface area contributed by atoms with Crippen LogP contribution in [0.1, 0.15) is 46.0 Å². The van der Waals surface area contributed by atoms with E-state index in [1.165, 1.54) is 19.3 Å². The Hall–Kier alpha value is -0.570. The minimum atomic E-state index is 0.0524. The molecule has 92 valence electrons. The Morgan fingerprint density at radius 2 is 2.06 bits per heavy atom. The summed E-state index contributed by atoms with van der Waals surface area (Å²) < 4.78 is 0. The molecule has 0 aromatic heterocycles. The van der Waals surface area contributed by atoms with E-state index < -0.39 is 0 Å². The summed E-state index contributed by atoms with van der Waals surface area (Å²) in [5.41, 5.74) is 0. The topological polar surface area (TPSA) is 41.1 Å². The number of piperidine rings is 1. The fourth-order valence-electron chi connectivity index (χ4n) is 2.95. The van der Waals surface area contributed by atoms with Gasteiger partial charge in [0.25, 0.3) is 0 Å². The van der Waals surface area contributed by atoms with E-state index in [4.69, 9.17) is 0 Å². The SMILES string of the molecule is CC1CCNC(C(=O)NC2CCCC2C)C1. The molecule has 1 heterocycles. The summed E-state index contributed by atoms with van der Waals surface area (Å²) in [6.07, 6.45) is 5.88. The Labute approximate surface area is 98.4 Å². The van der Waals surface area contributed by atoms with Gasteiger partial charge in [0.1, 0.15) is 0 Å². The second-order valence-corrected chi connectivity index (χ2v) is 5.66. The van der Waals surface area contributed by atoms with E-state index in [1.54, 1.807) is 0 Å². The van der Waals surface area contributed by atoms with Crippen LogP contribution in [0.25, 0.3) is 0 Å². The maximum atomic E-state index is 12.1. The highest BCUT2D eigenvalue weighted by Gasteiger charge is 2.29. The second-order valence-electron chi connectivity index (χ2n) is 5.66. The van der Waals surface area contributed by atoms with Crippen LogP contribution in [0.5, 0.6) is 0 Å². The minimum absolute atomic E-state index is 0.0524. The zero-order valence-corrected chi connectivity index (χ0v) is 10.5. The van der Waals surface area contributed by atoms with Gasteiger partial charge in [-0.05, 0) is 44.1 Å². The predicted octanol–water partition coefficient (Wildman–Crippen LogP) is 1.68. The average Bonchev–Trinajstić information content (AvgIpc) is 2.64. The molecule has 2 rings (SSSR count). The van der Waals surface area contributed by atoms with Crippen molar-refractivity contribution in [2.75, 3.05) is 6.54 Å². The molecule has 1 saturated heterocycles. The number of hydrogen-bond acceptors (Lipinski definition) is 2. The largest absolute Gasteiger partial charge is 0.352 e. The van der Waals surface area contributed by atoms with Crippen LogP contribution in [0, 0.1) is 11.8 Å². The highest BCUT2D eigenvalue weighted by Crippen LogP contribution is 2.25. The normalized spacial score (nSPS) is 39.6. The van der Waals surface area contributed by atoms with Gasteiger partial charge in [0.05, 0.1) is 6.04 Å². The summed E-state index contributed by atoms with van der Waals surface area (Å²) in [5.74, 6) is 1.56. The number of hydrogen-bond donors (Lipinski definition) is 2. The van der Waals surface area contributed by atoms with Crippen molar-refractivity contribution in [3.05, 3.63) is 0 Å². The molecule has 2 N–H and O–H groups in total. The van der Waals surface area contributed by atoms with E-state index in [9.17, 15) is 4.79 Å². The van der Waals surface area contributed by atoms with Crippen molar-refractivity contribution in [3.8, 4) is 0 Å². The van der Waals surface area contributed by atoms with Gasteiger partial charge in [0, 0.05) is 6.04 Å². The van der Waals surface area contributed by atoms with E-state index >= 15 is 0 Å². The van der Waals surface area contributed by atoms with E-state index in [-0.39, 0.29) is 11.9 Å². The number of nitrogens with one attached hydrogen (secondary N) is 2. The summed E-state index contributed by atoms with van der Waals surface area (Å²) >= 11 is 0. The number of carbonyl (C=O) groups excluding carboxylic acids is 1. The minimum Gasteiger partial charge on any atom is -0.352 e. The molecule has 3 heteroatoms. The molecule has 1 saturated carbocycles. The zero-order valence-electron chi connectivity index (χ0n) is 10.5. The zero-order chi connectivity index (χ0) is 11.5. The molecule has 1 amide bonds. The molecule has 3 nitrogen and oxygen atoms in total. The first-order chi connectivity index (χ1) is 7.66. The first-order valence-corrected chi connectivity index (χ1v) is 6.70. The highest BCUT2D eigenvalue weighted by molar-refractivity contribution is 5.82. The molecule has 0 spiro atoms. The Morgan fingerprint density at radius 1 is 1.25 bits per heavy atom. The molecule has 1 aliphatic carbocycles. The fourth-order valence-corrected chi connectivity index (χ4v) is 2.95. The maximum Gasteiger partial charge on any atom is 0.237 e. The number of carbonyl (C=O) groups is 1. The van der Waals surface area contributed by atoms with Gasteiger partial charge in [-0.25, -0.2) is 0 Å². The highest BCUT2D eigenvalue weighted by atomic mass is 16.2. The lowest BCUT2D eigenvalue weighted by molar-refractivity contribution is -0.124. The molecule has 4 unspecified atom stereocenters. The summed E-state index contributed by atoms with van der Waals surface area (Å²) in [6.45, 7) is 5.47. The van der Waals surface area contributed by atoms with Crippen molar-refractivity contribution in [2.45, 2.75) is 58.0 Å². The van der Waals surface area contributed by atoms with Crippen LogP contribution in [0.4, 0.5) is 0 Å². The molecule has 0 aromatic rings. The Kier molecular flexibility index (Phi) is 3.85. The summed E-state index contributed by atoms with van der Waals surface area (Å²) in [7, 11) is 0. The van der Waals surface area contributed by atoms with E-state index in [2.05, 4.69) is 24.5 Å². The van der Waals surface area contributed by atoms with Crippen molar-refractivity contribution < 1.29 is 4.79 Å². The Bertz CT molecular complexity index is 254. The van der Waals surface area contributed by atoms with E-state index in [0.717, 1.165) is 19.4 Å². The van der Waals surface area contributed by atoms with Crippen LogP contribution in [0.15, 0.2) is 0 Å². The fraction of sp³-hybridized carbons (Fsp3) is 0.923. The van der Waals surface area contributed by atoms with Crippen molar-refractivity contribution in [2.24, 2.45) is 11.8 Å². The lowest BCUT2D eigenvalue weighted by Gasteiger charge is -2.29. The van der Waals surface area contributed by atoms with Crippen molar-refractivity contribution >= 4 is 5.91 Å². The van der Waals surface area contributed by atoms with Crippen LogP contribution in [-0.2, 0) is 4.79 Å². The molecule has 0 radical (unpaired) electrons. The average molecular weight is 224 g/mol. The molecule has 2 aliphatic rings. The molecule has 1 aliphatic heterocycles. The third kappa shape index (κ3) is 2.76. The van der Waals surface area contributed by atoms with Gasteiger partial charge in [0.15, 0.2) is 0 Å². The van der Waals surface area contributed by atoms with Crippen LogP contribution in [0.2, 0.25) is 0 Å². The second kappa shape index (κ2) is 5.17. The quantitative estimate of drug-likeness (QED) is 0.749. The standard InChI is InChI=1S/C13H24N2O/c1-9-6-7-14-12(8-9)13(16)15-11-5-3-4-10(11)2/h9-12,14H,3-8H2,1-2H3,(H,15,16). The van der Waals surface area contributed by atoms with Gasteiger partial charge >= 0.3 is 0 Å².